The van der Waals surface area contributed by atoms with E-state index in [1.807, 2.05) is 29.6 Å². The maximum atomic E-state index is 13.1. The van der Waals surface area contributed by atoms with Gasteiger partial charge in [0.05, 0.1) is 17.0 Å². The quantitative estimate of drug-likeness (QED) is 0.168. The number of thiazole rings is 1. The van der Waals surface area contributed by atoms with E-state index in [9.17, 15) is 19.5 Å². The molecule has 0 aliphatic heterocycles. The topological polar surface area (TPSA) is 108 Å². The number of hydrogen-bond donors (Lipinski definition) is 3. The maximum Gasteiger partial charge on any atom is 0.336 e. The lowest BCUT2D eigenvalue weighted by molar-refractivity contribution is -0.113. The zero-order valence-corrected chi connectivity index (χ0v) is 22.6. The number of carboxylic acids is 1. The van der Waals surface area contributed by atoms with Crippen molar-refractivity contribution in [1.29, 1.82) is 0 Å². The first-order valence-corrected chi connectivity index (χ1v) is 13.9. The van der Waals surface area contributed by atoms with E-state index in [1.165, 1.54) is 29.2 Å². The number of hydrogen-bond acceptors (Lipinski definition) is 6. The van der Waals surface area contributed by atoms with Gasteiger partial charge in [-0.2, -0.15) is 0 Å². The first kappa shape index (κ1) is 26.4. The molecule has 4 aromatic carbocycles. The Morgan fingerprint density at radius 1 is 0.897 bits per heavy atom. The number of aromatic nitrogens is 1. The fourth-order valence-electron chi connectivity index (χ4n) is 4.00. The zero-order valence-electron chi connectivity index (χ0n) is 20.2. The minimum absolute atomic E-state index is 0.0628. The molecule has 3 N–H and O–H groups in total. The van der Waals surface area contributed by atoms with Crippen LogP contribution in [0.15, 0.2) is 95.2 Å². The van der Waals surface area contributed by atoms with Crippen LogP contribution in [0, 0.1) is 0 Å². The summed E-state index contributed by atoms with van der Waals surface area (Å²) in [6, 6.07) is 24.5. The van der Waals surface area contributed by atoms with E-state index in [0.717, 1.165) is 10.5 Å². The average Bonchev–Trinajstić information content (AvgIpc) is 3.39. The molecule has 1 heterocycles. The van der Waals surface area contributed by atoms with Crippen molar-refractivity contribution in [1.82, 2.24) is 4.98 Å². The molecule has 5 aromatic rings. The van der Waals surface area contributed by atoms with Gasteiger partial charge in [-0.05, 0) is 41.8 Å². The Morgan fingerprint density at radius 2 is 1.64 bits per heavy atom. The summed E-state index contributed by atoms with van der Waals surface area (Å²) in [4.78, 5) is 42.6. The summed E-state index contributed by atoms with van der Waals surface area (Å²) in [5.41, 5.74) is 2.35. The number of thioether (sulfide) groups is 1. The molecule has 0 atom stereocenters. The fourth-order valence-corrected chi connectivity index (χ4v) is 5.71. The van der Waals surface area contributed by atoms with Crippen molar-refractivity contribution in [3.05, 3.63) is 106 Å². The summed E-state index contributed by atoms with van der Waals surface area (Å²) in [6.45, 7) is 0. The highest BCUT2D eigenvalue weighted by molar-refractivity contribution is 8.00. The van der Waals surface area contributed by atoms with Crippen LogP contribution >= 0.6 is 34.7 Å². The third kappa shape index (κ3) is 6.12. The van der Waals surface area contributed by atoms with Gasteiger partial charge in [-0.3, -0.25) is 9.59 Å². The molecule has 2 amide bonds. The Hall–Kier alpha value is -4.18. The summed E-state index contributed by atoms with van der Waals surface area (Å²) >= 11 is 8.87. The van der Waals surface area contributed by atoms with Crippen LogP contribution in [0.5, 0.6) is 0 Å². The van der Waals surface area contributed by atoms with Gasteiger partial charge in [0.2, 0.25) is 5.91 Å². The number of fused-ring (bicyclic) bond motifs is 1. The van der Waals surface area contributed by atoms with Gasteiger partial charge in [-0.1, -0.05) is 60.1 Å². The summed E-state index contributed by atoms with van der Waals surface area (Å²) in [7, 11) is 0. The van der Waals surface area contributed by atoms with Crippen molar-refractivity contribution in [2.24, 2.45) is 0 Å². The molecule has 39 heavy (non-hydrogen) atoms. The number of nitrogens with one attached hydrogen (secondary N) is 2. The number of carbonyl (C=O) groups excluding carboxylic acids is 2. The number of benzene rings is 4. The summed E-state index contributed by atoms with van der Waals surface area (Å²) in [5, 5.41) is 19.2. The van der Waals surface area contributed by atoms with Gasteiger partial charge in [0.25, 0.3) is 5.91 Å². The molecule has 0 aliphatic rings. The standard InChI is InChI=1S/C29H20ClN3O4S2/c30-23-13-2-1-10-20(23)24-15-39-29(32-24)33-25(34)16-38-19-9-5-8-18(14-19)31-27(35)21-11-3-6-17-7-4-12-22(26(17)21)28(36)37/h1-15H,16H2,(H,31,35)(H,36,37)(H,32,33,34). The third-order valence-corrected chi connectivity index (χ3v) is 7.82. The normalized spacial score (nSPS) is 10.8. The van der Waals surface area contributed by atoms with Gasteiger partial charge < -0.3 is 15.7 Å². The van der Waals surface area contributed by atoms with Gasteiger partial charge in [0, 0.05) is 37.5 Å². The fraction of sp³-hybridized carbons (Fsp3) is 0.0345. The van der Waals surface area contributed by atoms with Crippen molar-refractivity contribution in [3.8, 4) is 11.3 Å². The molecule has 0 aliphatic carbocycles. The Bertz CT molecular complexity index is 1710. The van der Waals surface area contributed by atoms with Crippen molar-refractivity contribution in [2.75, 3.05) is 16.4 Å². The molecule has 0 bridgehead atoms. The number of aromatic carboxylic acids is 1. The lowest BCUT2D eigenvalue weighted by Crippen LogP contribution is -2.14. The van der Waals surface area contributed by atoms with Crippen LogP contribution in [0.1, 0.15) is 20.7 Å². The minimum atomic E-state index is -1.10. The molecule has 10 heteroatoms. The van der Waals surface area contributed by atoms with Gasteiger partial charge in [0.15, 0.2) is 5.13 Å². The molecule has 194 valence electrons. The largest absolute Gasteiger partial charge is 0.478 e. The van der Waals surface area contributed by atoms with Gasteiger partial charge in [-0.15, -0.1) is 23.1 Å². The van der Waals surface area contributed by atoms with Gasteiger partial charge >= 0.3 is 5.97 Å². The number of carbonyl (C=O) groups is 3. The number of halogens is 1. The molecule has 1 aromatic heterocycles. The lowest BCUT2D eigenvalue weighted by Gasteiger charge is -2.11. The number of rotatable bonds is 8. The Kier molecular flexibility index (Phi) is 7.92. The molecule has 0 saturated carbocycles. The predicted octanol–water partition coefficient (Wildman–Crippen LogP) is 7.30. The van der Waals surface area contributed by atoms with Gasteiger partial charge in [-0.25, -0.2) is 9.78 Å². The second-order valence-electron chi connectivity index (χ2n) is 8.35. The van der Waals surface area contributed by atoms with Crippen LogP contribution in [0.3, 0.4) is 0 Å². The first-order valence-electron chi connectivity index (χ1n) is 11.7. The lowest BCUT2D eigenvalue weighted by atomic mass is 9.98. The monoisotopic (exact) mass is 573 g/mol. The summed E-state index contributed by atoms with van der Waals surface area (Å²) in [6.07, 6.45) is 0. The molecule has 0 unspecified atom stereocenters. The highest BCUT2D eigenvalue weighted by Gasteiger charge is 2.17. The van der Waals surface area contributed by atoms with Crippen LogP contribution in [-0.4, -0.2) is 33.6 Å². The second kappa shape index (κ2) is 11.7. The number of anilines is 2. The molecule has 0 radical (unpaired) electrons. The first-order chi connectivity index (χ1) is 18.9. The summed E-state index contributed by atoms with van der Waals surface area (Å²) in [5.74, 6) is -1.60. The van der Waals surface area contributed by atoms with E-state index in [2.05, 4.69) is 15.6 Å². The van der Waals surface area contributed by atoms with E-state index < -0.39 is 11.9 Å². The van der Waals surface area contributed by atoms with Crippen molar-refractivity contribution in [3.63, 3.8) is 0 Å². The number of carboxylic acid groups (broad SMARTS) is 1. The maximum absolute atomic E-state index is 13.1. The molecular weight excluding hydrogens is 554 g/mol. The molecule has 5 rings (SSSR count). The van der Waals surface area contributed by atoms with E-state index in [4.69, 9.17) is 11.6 Å². The van der Waals surface area contributed by atoms with Crippen LogP contribution in [0.4, 0.5) is 10.8 Å². The van der Waals surface area contributed by atoms with E-state index in [0.29, 0.717) is 32.3 Å². The highest BCUT2D eigenvalue weighted by Crippen LogP contribution is 2.31. The second-order valence-corrected chi connectivity index (χ2v) is 10.7. The van der Waals surface area contributed by atoms with Gasteiger partial charge in [0.1, 0.15) is 0 Å². The van der Waals surface area contributed by atoms with Crippen molar-refractivity contribution in [2.45, 2.75) is 4.90 Å². The smallest absolute Gasteiger partial charge is 0.336 e. The predicted molar refractivity (Wildman–Crippen MR) is 157 cm³/mol. The molecule has 7 nitrogen and oxygen atoms in total. The Morgan fingerprint density at radius 3 is 2.41 bits per heavy atom. The number of amides is 2. The van der Waals surface area contributed by atoms with Crippen LogP contribution in [0.25, 0.3) is 22.0 Å². The highest BCUT2D eigenvalue weighted by atomic mass is 35.5. The average molecular weight is 574 g/mol. The molecule has 0 fully saturated rings. The van der Waals surface area contributed by atoms with Crippen molar-refractivity contribution >= 4 is 74.1 Å². The molecule has 0 spiro atoms. The molecular formula is C29H20ClN3O4S2. The van der Waals surface area contributed by atoms with Crippen LogP contribution in [0.2, 0.25) is 5.02 Å². The van der Waals surface area contributed by atoms with E-state index >= 15 is 0 Å². The number of nitrogens with zero attached hydrogens (tertiary/aromatic N) is 1. The third-order valence-electron chi connectivity index (χ3n) is 5.74. The summed E-state index contributed by atoms with van der Waals surface area (Å²) < 4.78 is 0. The van der Waals surface area contributed by atoms with Crippen LogP contribution < -0.4 is 10.6 Å². The van der Waals surface area contributed by atoms with E-state index in [-0.39, 0.29) is 22.8 Å². The molecule has 0 saturated heterocycles. The SMILES string of the molecule is O=C(CSc1cccc(NC(=O)c2cccc3cccc(C(=O)O)c23)c1)Nc1nc(-c2ccccc2Cl)cs1. The minimum Gasteiger partial charge on any atom is -0.478 e. The zero-order chi connectivity index (χ0) is 27.4. The van der Waals surface area contributed by atoms with Crippen LogP contribution in [-0.2, 0) is 4.79 Å². The van der Waals surface area contributed by atoms with Crippen molar-refractivity contribution < 1.29 is 19.5 Å². The Balaban J connectivity index is 1.23. The Labute approximate surface area is 236 Å². The van der Waals surface area contributed by atoms with E-state index in [1.54, 1.807) is 54.6 Å².